The highest BCUT2D eigenvalue weighted by atomic mass is 32.2. The minimum absolute atomic E-state index is 0.0780. The first-order valence-corrected chi connectivity index (χ1v) is 9.76. The molecule has 0 spiro atoms. The molecule has 1 atom stereocenters. The van der Waals surface area contributed by atoms with Gasteiger partial charge >= 0.3 is 5.97 Å². The zero-order valence-electron chi connectivity index (χ0n) is 14.3. The highest BCUT2D eigenvalue weighted by Gasteiger charge is 2.22. The van der Waals surface area contributed by atoms with Crippen molar-refractivity contribution in [1.82, 2.24) is 9.97 Å². The van der Waals surface area contributed by atoms with Gasteiger partial charge in [0.05, 0.1) is 5.75 Å². The topological polar surface area (TPSA) is 72.4 Å². The van der Waals surface area contributed by atoms with E-state index in [9.17, 15) is 9.59 Å². The summed E-state index contributed by atoms with van der Waals surface area (Å²) in [5, 5.41) is 3.58. The summed E-state index contributed by atoms with van der Waals surface area (Å²) in [5.74, 6) is -0.662. The average Bonchev–Trinajstić information content (AvgIpc) is 3.15. The lowest BCUT2D eigenvalue weighted by molar-refractivity contribution is -0.151. The van der Waals surface area contributed by atoms with E-state index in [1.54, 1.807) is 14.0 Å². The lowest BCUT2D eigenvalue weighted by atomic mass is 10.2. The van der Waals surface area contributed by atoms with Crippen LogP contribution < -0.4 is 4.90 Å². The number of hydrogen-bond acceptors (Lipinski definition) is 7. The van der Waals surface area contributed by atoms with Gasteiger partial charge in [-0.2, -0.15) is 0 Å². The van der Waals surface area contributed by atoms with E-state index in [1.807, 2.05) is 41.8 Å². The van der Waals surface area contributed by atoms with E-state index < -0.39 is 12.1 Å². The molecule has 1 aromatic carbocycles. The number of nitrogens with zero attached hydrogens (tertiary/aromatic N) is 3. The minimum Gasteiger partial charge on any atom is -0.452 e. The third-order valence-electron chi connectivity index (χ3n) is 3.68. The molecule has 0 bridgehead atoms. The van der Waals surface area contributed by atoms with E-state index in [2.05, 4.69) is 9.97 Å². The molecule has 134 valence electrons. The van der Waals surface area contributed by atoms with Gasteiger partial charge < -0.3 is 9.64 Å². The van der Waals surface area contributed by atoms with Gasteiger partial charge in [0.15, 0.2) is 6.10 Å². The first kappa shape index (κ1) is 18.3. The molecule has 1 amide bonds. The molecule has 0 saturated heterocycles. The Bertz CT molecular complexity index is 914. The van der Waals surface area contributed by atoms with Crippen LogP contribution in [0.1, 0.15) is 6.92 Å². The number of benzene rings is 1. The van der Waals surface area contributed by atoms with Crippen LogP contribution in [0.5, 0.6) is 0 Å². The van der Waals surface area contributed by atoms with Gasteiger partial charge in [-0.3, -0.25) is 9.59 Å². The SMILES string of the molecule is C[C@H](OC(=O)CSc1ncnc2sccc12)C(=O)N(C)c1ccccc1. The normalized spacial score (nSPS) is 11.9. The largest absolute Gasteiger partial charge is 0.452 e. The van der Waals surface area contributed by atoms with Crippen molar-refractivity contribution in [3.8, 4) is 0 Å². The molecule has 2 aromatic heterocycles. The number of amides is 1. The summed E-state index contributed by atoms with van der Waals surface area (Å²) in [4.78, 5) is 35.3. The van der Waals surface area contributed by atoms with Crippen molar-refractivity contribution < 1.29 is 14.3 Å². The monoisotopic (exact) mass is 387 g/mol. The Hall–Kier alpha value is -2.45. The number of para-hydroxylation sites is 1. The first-order valence-electron chi connectivity index (χ1n) is 7.89. The molecule has 0 radical (unpaired) electrons. The van der Waals surface area contributed by atoms with Crippen LogP contribution >= 0.6 is 23.1 Å². The van der Waals surface area contributed by atoms with Crippen LogP contribution in [-0.2, 0) is 14.3 Å². The number of carbonyl (C=O) groups is 2. The van der Waals surface area contributed by atoms with Crippen LogP contribution in [0.2, 0.25) is 0 Å². The smallest absolute Gasteiger partial charge is 0.317 e. The van der Waals surface area contributed by atoms with Gasteiger partial charge in [-0.15, -0.1) is 11.3 Å². The van der Waals surface area contributed by atoms with E-state index in [0.29, 0.717) is 0 Å². The first-order chi connectivity index (χ1) is 12.6. The Morgan fingerprint density at radius 3 is 2.77 bits per heavy atom. The second-order valence-corrected chi connectivity index (χ2v) is 7.33. The fourth-order valence-corrected chi connectivity index (χ4v) is 3.90. The Morgan fingerprint density at radius 1 is 1.23 bits per heavy atom. The second-order valence-electron chi connectivity index (χ2n) is 5.47. The molecule has 0 N–H and O–H groups in total. The van der Waals surface area contributed by atoms with Gasteiger partial charge in [0.25, 0.3) is 5.91 Å². The number of fused-ring (bicyclic) bond motifs is 1. The standard InChI is InChI=1S/C18H17N3O3S2/c1-12(18(23)21(2)13-6-4-3-5-7-13)24-15(22)10-26-17-14-8-9-25-16(14)19-11-20-17/h3-9,11-12H,10H2,1-2H3/t12-/m0/s1. The maximum absolute atomic E-state index is 12.4. The average molecular weight is 387 g/mol. The number of thioether (sulfide) groups is 1. The number of esters is 1. The van der Waals surface area contributed by atoms with Crippen molar-refractivity contribution in [3.05, 3.63) is 48.1 Å². The predicted molar refractivity (Wildman–Crippen MR) is 104 cm³/mol. The maximum Gasteiger partial charge on any atom is 0.317 e. The zero-order valence-corrected chi connectivity index (χ0v) is 15.9. The Balaban J connectivity index is 1.56. The molecule has 3 aromatic rings. The number of anilines is 1. The number of rotatable bonds is 6. The fourth-order valence-electron chi connectivity index (χ4n) is 2.34. The minimum atomic E-state index is -0.861. The predicted octanol–water partition coefficient (Wildman–Crippen LogP) is 3.38. The summed E-state index contributed by atoms with van der Waals surface area (Å²) < 4.78 is 5.28. The van der Waals surface area contributed by atoms with Crippen molar-refractivity contribution in [1.29, 1.82) is 0 Å². The molecule has 0 aliphatic heterocycles. The Labute approximate surface area is 159 Å². The van der Waals surface area contributed by atoms with Crippen LogP contribution in [0, 0.1) is 0 Å². The van der Waals surface area contributed by atoms with Crippen LogP contribution in [0.15, 0.2) is 53.1 Å². The van der Waals surface area contributed by atoms with E-state index in [1.165, 1.54) is 34.3 Å². The van der Waals surface area contributed by atoms with E-state index in [-0.39, 0.29) is 11.7 Å². The summed E-state index contributed by atoms with van der Waals surface area (Å²) in [6, 6.07) is 11.1. The van der Waals surface area contributed by atoms with Gasteiger partial charge in [-0.05, 0) is 30.5 Å². The van der Waals surface area contributed by atoms with E-state index >= 15 is 0 Å². The highest BCUT2D eigenvalue weighted by molar-refractivity contribution is 8.00. The van der Waals surface area contributed by atoms with Crippen LogP contribution in [0.4, 0.5) is 5.69 Å². The summed E-state index contributed by atoms with van der Waals surface area (Å²) in [6.07, 6.45) is 0.618. The van der Waals surface area contributed by atoms with Crippen LogP contribution in [0.3, 0.4) is 0 Å². The number of hydrogen-bond donors (Lipinski definition) is 0. The van der Waals surface area contributed by atoms with Gasteiger partial charge in [-0.25, -0.2) is 9.97 Å². The molecule has 0 unspecified atom stereocenters. The molecule has 3 rings (SSSR count). The molecular weight excluding hydrogens is 370 g/mol. The van der Waals surface area contributed by atoms with Crippen molar-refractivity contribution >= 4 is 50.9 Å². The fraction of sp³-hybridized carbons (Fsp3) is 0.222. The zero-order chi connectivity index (χ0) is 18.5. The van der Waals surface area contributed by atoms with Crippen molar-refractivity contribution in [2.24, 2.45) is 0 Å². The number of ether oxygens (including phenoxy) is 1. The van der Waals surface area contributed by atoms with Crippen molar-refractivity contribution in [2.75, 3.05) is 17.7 Å². The highest BCUT2D eigenvalue weighted by Crippen LogP contribution is 2.27. The quantitative estimate of drug-likeness (QED) is 0.367. The summed E-state index contributed by atoms with van der Waals surface area (Å²) in [6.45, 7) is 1.58. The summed E-state index contributed by atoms with van der Waals surface area (Å²) in [7, 11) is 1.66. The van der Waals surface area contributed by atoms with Gasteiger partial charge in [-0.1, -0.05) is 30.0 Å². The Kier molecular flexibility index (Phi) is 5.85. The molecule has 0 fully saturated rings. The number of likely N-dealkylation sites (N-methyl/N-ethyl adjacent to an activating group) is 1. The van der Waals surface area contributed by atoms with Crippen LogP contribution in [-0.4, -0.2) is 40.7 Å². The molecule has 8 heteroatoms. The number of aromatic nitrogens is 2. The molecule has 0 aliphatic rings. The maximum atomic E-state index is 12.4. The van der Waals surface area contributed by atoms with Gasteiger partial charge in [0, 0.05) is 18.1 Å². The third kappa shape index (κ3) is 4.20. The van der Waals surface area contributed by atoms with Crippen LogP contribution in [0.25, 0.3) is 10.2 Å². The number of thiophene rings is 1. The lowest BCUT2D eigenvalue weighted by Gasteiger charge is -2.21. The van der Waals surface area contributed by atoms with Gasteiger partial charge in [0.1, 0.15) is 16.2 Å². The van der Waals surface area contributed by atoms with E-state index in [0.717, 1.165) is 20.9 Å². The number of carbonyl (C=O) groups excluding carboxylic acids is 2. The molecule has 0 saturated carbocycles. The van der Waals surface area contributed by atoms with Crippen molar-refractivity contribution in [3.63, 3.8) is 0 Å². The molecular formula is C18H17N3O3S2. The lowest BCUT2D eigenvalue weighted by Crippen LogP contribution is -2.37. The third-order valence-corrected chi connectivity index (χ3v) is 5.48. The molecule has 26 heavy (non-hydrogen) atoms. The summed E-state index contributed by atoms with van der Waals surface area (Å²) in [5.41, 5.74) is 0.746. The molecule has 2 heterocycles. The van der Waals surface area contributed by atoms with Gasteiger partial charge in [0.2, 0.25) is 0 Å². The molecule has 6 nitrogen and oxygen atoms in total. The Morgan fingerprint density at radius 2 is 2.00 bits per heavy atom. The van der Waals surface area contributed by atoms with Crippen molar-refractivity contribution in [2.45, 2.75) is 18.1 Å². The summed E-state index contributed by atoms with van der Waals surface area (Å²) >= 11 is 2.80. The van der Waals surface area contributed by atoms with E-state index in [4.69, 9.17) is 4.74 Å². The molecule has 0 aliphatic carbocycles. The second kappa shape index (κ2) is 8.29.